The van der Waals surface area contributed by atoms with Gasteiger partial charge < -0.3 is 15.7 Å². The van der Waals surface area contributed by atoms with E-state index in [1.165, 1.54) is 51.4 Å². The van der Waals surface area contributed by atoms with Gasteiger partial charge in [0.25, 0.3) is 0 Å². The molecular weight excluding hydrogens is 480 g/mol. The van der Waals surface area contributed by atoms with Gasteiger partial charge in [-0.1, -0.05) is 48.5 Å². The van der Waals surface area contributed by atoms with Crippen molar-refractivity contribution in [2.75, 3.05) is 19.6 Å². The van der Waals surface area contributed by atoms with Crippen LogP contribution in [-0.4, -0.2) is 36.8 Å². The minimum Gasteiger partial charge on any atom is -0.393 e. The summed E-state index contributed by atoms with van der Waals surface area (Å²) >= 11 is 0. The van der Waals surface area contributed by atoms with Crippen LogP contribution in [0.1, 0.15) is 119 Å². The standard InChI is InChI=1S/C35H60N2O2/c1-8-36-19-20-37-30(39)35-16-11-23(24-21-22(24)2)29(35)25-9-10-27-32(5)14-13-28(38)31(3,4)26(32)12-15-34(27,7)33(25,6)17-18-35/h22-29,36,38H,8-21H2,1-7H3,(H,37,39). The highest BCUT2D eigenvalue weighted by molar-refractivity contribution is 5.83. The predicted octanol–water partition coefficient (Wildman–Crippen LogP) is 6.81. The van der Waals surface area contributed by atoms with Gasteiger partial charge in [0.15, 0.2) is 0 Å². The van der Waals surface area contributed by atoms with Crippen LogP contribution in [0.2, 0.25) is 0 Å². The summed E-state index contributed by atoms with van der Waals surface area (Å²) in [6.07, 6.45) is 13.3. The Hall–Kier alpha value is -0.610. The van der Waals surface area contributed by atoms with Crippen LogP contribution in [0.15, 0.2) is 0 Å². The van der Waals surface area contributed by atoms with Gasteiger partial charge in [0.1, 0.15) is 0 Å². The summed E-state index contributed by atoms with van der Waals surface area (Å²) in [6, 6.07) is 0. The van der Waals surface area contributed by atoms with Crippen molar-refractivity contribution in [3.63, 3.8) is 0 Å². The molecule has 4 heteroatoms. The fourth-order valence-corrected chi connectivity index (χ4v) is 13.1. The Labute approximate surface area is 239 Å². The summed E-state index contributed by atoms with van der Waals surface area (Å²) in [5, 5.41) is 17.9. The van der Waals surface area contributed by atoms with Crippen molar-refractivity contribution in [3.8, 4) is 0 Å². The second-order valence-electron chi connectivity index (χ2n) is 16.9. The van der Waals surface area contributed by atoms with Crippen molar-refractivity contribution in [2.24, 2.45) is 68.5 Å². The first kappa shape index (κ1) is 28.5. The summed E-state index contributed by atoms with van der Waals surface area (Å²) in [4.78, 5) is 14.2. The van der Waals surface area contributed by atoms with Crippen LogP contribution in [0.3, 0.4) is 0 Å². The van der Waals surface area contributed by atoms with Crippen molar-refractivity contribution in [2.45, 2.75) is 125 Å². The van der Waals surface area contributed by atoms with E-state index in [9.17, 15) is 9.90 Å². The molecule has 6 fully saturated rings. The lowest BCUT2D eigenvalue weighted by Gasteiger charge is -2.72. The van der Waals surface area contributed by atoms with Gasteiger partial charge in [-0.15, -0.1) is 0 Å². The molecule has 12 atom stereocenters. The van der Waals surface area contributed by atoms with Crippen LogP contribution < -0.4 is 10.6 Å². The molecule has 0 saturated heterocycles. The third-order valence-corrected chi connectivity index (χ3v) is 15.5. The van der Waals surface area contributed by atoms with Gasteiger partial charge in [-0.3, -0.25) is 4.79 Å². The summed E-state index contributed by atoms with van der Waals surface area (Å²) in [7, 11) is 0. The monoisotopic (exact) mass is 540 g/mol. The van der Waals surface area contributed by atoms with Gasteiger partial charge >= 0.3 is 0 Å². The minimum absolute atomic E-state index is 0.0111. The van der Waals surface area contributed by atoms with E-state index < -0.39 is 0 Å². The molecule has 6 aliphatic rings. The zero-order chi connectivity index (χ0) is 28.0. The molecule has 0 bridgehead atoms. The highest BCUT2D eigenvalue weighted by atomic mass is 16.3. The Balaban J connectivity index is 1.33. The maximum absolute atomic E-state index is 14.2. The maximum Gasteiger partial charge on any atom is 0.226 e. The lowest BCUT2D eigenvalue weighted by molar-refractivity contribution is -0.247. The maximum atomic E-state index is 14.2. The first-order valence-corrected chi connectivity index (χ1v) is 17.0. The second kappa shape index (κ2) is 9.45. The third-order valence-electron chi connectivity index (χ3n) is 15.5. The average molecular weight is 541 g/mol. The minimum atomic E-state index is -0.159. The van der Waals surface area contributed by atoms with Crippen LogP contribution in [0.5, 0.6) is 0 Å². The molecule has 0 heterocycles. The number of nitrogens with one attached hydrogen (secondary N) is 2. The molecule has 0 radical (unpaired) electrons. The largest absolute Gasteiger partial charge is 0.393 e. The van der Waals surface area contributed by atoms with E-state index in [4.69, 9.17) is 0 Å². The Kier molecular flexibility index (Phi) is 6.91. The van der Waals surface area contributed by atoms with Gasteiger partial charge in [-0.05, 0) is 140 Å². The van der Waals surface area contributed by atoms with Crippen molar-refractivity contribution in [1.29, 1.82) is 0 Å². The molecule has 222 valence electrons. The van der Waals surface area contributed by atoms with Crippen LogP contribution in [0.25, 0.3) is 0 Å². The van der Waals surface area contributed by atoms with E-state index in [2.05, 4.69) is 59.1 Å². The predicted molar refractivity (Wildman–Crippen MR) is 159 cm³/mol. The number of likely N-dealkylation sites (N-methyl/N-ethyl adjacent to an activating group) is 1. The highest BCUT2D eigenvalue weighted by Crippen LogP contribution is 2.78. The van der Waals surface area contributed by atoms with Crippen molar-refractivity contribution < 1.29 is 9.90 Å². The molecule has 0 spiro atoms. The fraction of sp³-hybridized carbons (Fsp3) is 0.971. The van der Waals surface area contributed by atoms with Gasteiger partial charge in [0.2, 0.25) is 5.91 Å². The Morgan fingerprint density at radius 2 is 1.56 bits per heavy atom. The van der Waals surface area contributed by atoms with Gasteiger partial charge in [-0.25, -0.2) is 0 Å². The van der Waals surface area contributed by atoms with E-state index in [1.54, 1.807) is 0 Å². The first-order chi connectivity index (χ1) is 18.4. The van der Waals surface area contributed by atoms with Crippen LogP contribution >= 0.6 is 0 Å². The van der Waals surface area contributed by atoms with Gasteiger partial charge in [0, 0.05) is 13.1 Å². The normalized spacial score (nSPS) is 53.6. The smallest absolute Gasteiger partial charge is 0.226 e. The number of carbonyl (C=O) groups is 1. The first-order valence-electron chi connectivity index (χ1n) is 17.0. The molecule has 6 saturated carbocycles. The van der Waals surface area contributed by atoms with E-state index in [-0.39, 0.29) is 16.9 Å². The van der Waals surface area contributed by atoms with Gasteiger partial charge in [0.05, 0.1) is 11.5 Å². The lowest BCUT2D eigenvalue weighted by Crippen LogP contribution is -2.67. The van der Waals surface area contributed by atoms with Crippen molar-refractivity contribution in [3.05, 3.63) is 0 Å². The number of fused-ring (bicyclic) bond motifs is 7. The van der Waals surface area contributed by atoms with Crippen LogP contribution in [0, 0.1) is 68.5 Å². The number of hydrogen-bond donors (Lipinski definition) is 3. The van der Waals surface area contributed by atoms with E-state index in [0.29, 0.717) is 39.9 Å². The molecular formula is C35H60N2O2. The number of carbonyl (C=O) groups excluding carboxylic acids is 1. The number of amides is 1. The molecule has 4 nitrogen and oxygen atoms in total. The highest BCUT2D eigenvalue weighted by Gasteiger charge is 2.72. The van der Waals surface area contributed by atoms with Crippen LogP contribution in [0.4, 0.5) is 0 Å². The number of aliphatic hydroxyl groups excluding tert-OH is 1. The molecule has 0 aliphatic heterocycles. The molecule has 12 unspecified atom stereocenters. The van der Waals surface area contributed by atoms with Crippen molar-refractivity contribution >= 4 is 5.91 Å². The topological polar surface area (TPSA) is 61.4 Å². The Morgan fingerprint density at radius 3 is 2.26 bits per heavy atom. The molecule has 0 aromatic carbocycles. The van der Waals surface area contributed by atoms with Gasteiger partial charge in [-0.2, -0.15) is 0 Å². The molecule has 39 heavy (non-hydrogen) atoms. The van der Waals surface area contributed by atoms with Crippen LogP contribution in [-0.2, 0) is 4.79 Å². The molecule has 0 aromatic rings. The fourth-order valence-electron chi connectivity index (χ4n) is 13.1. The third kappa shape index (κ3) is 3.84. The lowest BCUT2D eigenvalue weighted by atomic mass is 9.32. The molecule has 6 rings (SSSR count). The average Bonchev–Trinajstić information content (AvgIpc) is 3.48. The van der Waals surface area contributed by atoms with Crippen molar-refractivity contribution in [1.82, 2.24) is 10.6 Å². The molecule has 6 aliphatic carbocycles. The van der Waals surface area contributed by atoms with E-state index >= 15 is 0 Å². The number of aliphatic hydroxyl groups is 1. The quantitative estimate of drug-likeness (QED) is 0.324. The SMILES string of the molecule is CCNCCNC(=O)C12CCC(C3CC3C)C1C1CCC3C4(C)CCC(O)C(C)(C)C4CCC3(C)C1(C)CC2. The van der Waals surface area contributed by atoms with E-state index in [0.717, 1.165) is 62.6 Å². The number of hydrogen-bond acceptors (Lipinski definition) is 3. The van der Waals surface area contributed by atoms with E-state index in [1.807, 2.05) is 0 Å². The summed E-state index contributed by atoms with van der Waals surface area (Å²) in [5.41, 5.74) is 0.836. The molecule has 1 amide bonds. The summed E-state index contributed by atoms with van der Waals surface area (Å²) in [5.74, 6) is 5.45. The Morgan fingerprint density at radius 1 is 0.821 bits per heavy atom. The Bertz CT molecular complexity index is 964. The zero-order valence-corrected chi connectivity index (χ0v) is 26.4. The second-order valence-corrected chi connectivity index (χ2v) is 16.9. The summed E-state index contributed by atoms with van der Waals surface area (Å²) < 4.78 is 0. The number of rotatable bonds is 6. The zero-order valence-electron chi connectivity index (χ0n) is 26.4. The summed E-state index contributed by atoms with van der Waals surface area (Å²) in [6.45, 7) is 19.9. The molecule has 3 N–H and O–H groups in total. The molecule has 0 aromatic heterocycles.